The lowest BCUT2D eigenvalue weighted by atomic mass is 9.98. The molecule has 1 fully saturated rings. The molecule has 0 radical (unpaired) electrons. The van der Waals surface area contributed by atoms with Crippen LogP contribution in [0.3, 0.4) is 0 Å². The van der Waals surface area contributed by atoms with E-state index >= 15 is 0 Å². The number of benzene rings is 2. The Morgan fingerprint density at radius 1 is 1.02 bits per heavy atom. The van der Waals surface area contributed by atoms with Crippen LogP contribution >= 0.6 is 0 Å². The summed E-state index contributed by atoms with van der Waals surface area (Å²) in [5.74, 6) is 0.417. The molecular weight excluding hydrogens is 542 g/mol. The summed E-state index contributed by atoms with van der Waals surface area (Å²) in [6, 6.07) is 21.7. The molecule has 0 aliphatic carbocycles. The molecular formula is C33H37N7O3. The Balaban J connectivity index is 1.07. The molecule has 2 aromatic heterocycles. The van der Waals surface area contributed by atoms with Crippen LogP contribution < -0.4 is 10.6 Å². The van der Waals surface area contributed by atoms with Gasteiger partial charge in [-0.3, -0.25) is 4.79 Å². The summed E-state index contributed by atoms with van der Waals surface area (Å²) in [7, 11) is 2.13. The van der Waals surface area contributed by atoms with E-state index in [1.807, 2.05) is 72.9 Å². The highest BCUT2D eigenvalue weighted by Gasteiger charge is 2.24. The number of carbonyl (C=O) groups is 2. The predicted octanol–water partition coefficient (Wildman–Crippen LogP) is 5.11. The number of nitrogens with one attached hydrogen (secondary N) is 2. The summed E-state index contributed by atoms with van der Waals surface area (Å²) in [5, 5.41) is 11.1. The molecule has 222 valence electrons. The summed E-state index contributed by atoms with van der Waals surface area (Å²) in [6.45, 7) is 4.48. The van der Waals surface area contributed by atoms with Crippen LogP contribution in [-0.2, 0) is 11.3 Å². The maximum atomic E-state index is 12.8. The number of hydrogen-bond acceptors (Lipinski definition) is 7. The molecule has 2 N–H and O–H groups in total. The van der Waals surface area contributed by atoms with Crippen LogP contribution in [0.25, 0.3) is 11.2 Å². The number of pyridine rings is 1. The summed E-state index contributed by atoms with van der Waals surface area (Å²) in [5.41, 5.74) is 5.22. The fourth-order valence-electron chi connectivity index (χ4n) is 5.62. The van der Waals surface area contributed by atoms with E-state index in [2.05, 4.69) is 40.7 Å². The first-order valence-corrected chi connectivity index (χ1v) is 14.8. The van der Waals surface area contributed by atoms with E-state index in [0.29, 0.717) is 37.1 Å². The Hall–Kier alpha value is -4.70. The van der Waals surface area contributed by atoms with Gasteiger partial charge >= 0.3 is 6.09 Å². The molecule has 0 bridgehead atoms. The van der Waals surface area contributed by atoms with E-state index in [1.54, 1.807) is 9.42 Å². The first-order valence-electron chi connectivity index (χ1n) is 14.8. The van der Waals surface area contributed by atoms with Crippen molar-refractivity contribution in [2.45, 2.75) is 44.9 Å². The van der Waals surface area contributed by atoms with Crippen molar-refractivity contribution >= 4 is 34.9 Å². The van der Waals surface area contributed by atoms with Crippen molar-refractivity contribution in [1.82, 2.24) is 29.7 Å². The maximum absolute atomic E-state index is 12.8. The third-order valence-electron chi connectivity index (χ3n) is 8.33. The molecule has 2 atom stereocenters. The number of fused-ring (bicyclic) bond motifs is 1. The lowest BCUT2D eigenvalue weighted by Crippen LogP contribution is -2.47. The van der Waals surface area contributed by atoms with Gasteiger partial charge < -0.3 is 25.2 Å². The normalized spacial score (nSPS) is 19.1. The third kappa shape index (κ3) is 6.70. The van der Waals surface area contributed by atoms with Crippen LogP contribution in [0.1, 0.15) is 47.7 Å². The lowest BCUT2D eigenvalue weighted by molar-refractivity contribution is 0.0896. The highest BCUT2D eigenvalue weighted by molar-refractivity contribution is 5.94. The Morgan fingerprint density at radius 2 is 1.84 bits per heavy atom. The topological polar surface area (TPSA) is 104 Å². The number of ether oxygens (including phenoxy) is 1. The third-order valence-corrected chi connectivity index (χ3v) is 8.33. The molecule has 2 aliphatic heterocycles. The number of anilines is 2. The molecule has 2 amide bonds. The number of carbonyl (C=O) groups excluding carboxylic acids is 2. The zero-order valence-corrected chi connectivity index (χ0v) is 24.6. The molecule has 10 heteroatoms. The fraction of sp³-hybridized carbons (Fsp3) is 0.333. The van der Waals surface area contributed by atoms with Crippen LogP contribution in [-0.4, -0.2) is 75.2 Å². The van der Waals surface area contributed by atoms with Crippen LogP contribution in [0.4, 0.5) is 16.4 Å². The maximum Gasteiger partial charge on any atom is 0.410 e. The Bertz CT molecular complexity index is 1620. The summed E-state index contributed by atoms with van der Waals surface area (Å²) >= 11 is 0. The summed E-state index contributed by atoms with van der Waals surface area (Å²) in [4.78, 5) is 34.2. The fourth-order valence-corrected chi connectivity index (χ4v) is 5.62. The molecule has 4 heterocycles. The van der Waals surface area contributed by atoms with Crippen molar-refractivity contribution in [3.05, 3.63) is 95.7 Å². The van der Waals surface area contributed by atoms with E-state index < -0.39 is 0 Å². The van der Waals surface area contributed by atoms with Crippen molar-refractivity contribution in [1.29, 1.82) is 0 Å². The van der Waals surface area contributed by atoms with Gasteiger partial charge in [0.2, 0.25) is 5.95 Å². The molecule has 2 aliphatic rings. The summed E-state index contributed by atoms with van der Waals surface area (Å²) < 4.78 is 7.25. The molecule has 0 saturated carbocycles. The molecule has 0 spiro atoms. The van der Waals surface area contributed by atoms with Gasteiger partial charge in [-0.1, -0.05) is 36.4 Å². The second-order valence-electron chi connectivity index (χ2n) is 11.3. The van der Waals surface area contributed by atoms with Gasteiger partial charge in [0.25, 0.3) is 5.91 Å². The van der Waals surface area contributed by atoms with Gasteiger partial charge in [-0.05, 0) is 80.8 Å². The number of rotatable bonds is 7. The van der Waals surface area contributed by atoms with Gasteiger partial charge in [-0.2, -0.15) is 4.98 Å². The number of hydrogen-bond donors (Lipinski definition) is 2. The van der Waals surface area contributed by atoms with Gasteiger partial charge in [0.15, 0.2) is 5.65 Å². The van der Waals surface area contributed by atoms with E-state index in [9.17, 15) is 9.59 Å². The van der Waals surface area contributed by atoms with Crippen LogP contribution in [0, 0.1) is 0 Å². The Labute approximate surface area is 251 Å². The van der Waals surface area contributed by atoms with Crippen molar-refractivity contribution in [2.24, 2.45) is 0 Å². The number of piperidine rings is 1. The molecule has 4 aromatic rings. The van der Waals surface area contributed by atoms with Crippen LogP contribution in [0.5, 0.6) is 0 Å². The van der Waals surface area contributed by atoms with E-state index in [-0.39, 0.29) is 24.6 Å². The van der Waals surface area contributed by atoms with Crippen LogP contribution in [0.15, 0.2) is 79.0 Å². The molecule has 6 rings (SSSR count). The number of nitrogens with zero attached hydrogens (tertiary/aromatic N) is 5. The van der Waals surface area contributed by atoms with Gasteiger partial charge in [0.1, 0.15) is 6.61 Å². The molecule has 1 saturated heterocycles. The minimum atomic E-state index is -0.314. The van der Waals surface area contributed by atoms with Gasteiger partial charge in [-0.25, -0.2) is 9.31 Å². The Morgan fingerprint density at radius 3 is 2.58 bits per heavy atom. The second kappa shape index (κ2) is 12.7. The highest BCUT2D eigenvalue weighted by Crippen LogP contribution is 2.27. The van der Waals surface area contributed by atoms with E-state index in [0.717, 1.165) is 47.4 Å². The minimum absolute atomic E-state index is 0.0485. The number of amides is 2. The second-order valence-corrected chi connectivity index (χ2v) is 11.3. The van der Waals surface area contributed by atoms with Gasteiger partial charge in [-0.15, -0.1) is 5.10 Å². The average molecular weight is 580 g/mol. The molecule has 43 heavy (non-hydrogen) atoms. The zero-order chi connectivity index (χ0) is 29.8. The quantitative estimate of drug-likeness (QED) is 0.314. The van der Waals surface area contributed by atoms with Crippen molar-refractivity contribution in [3.63, 3.8) is 0 Å². The van der Waals surface area contributed by atoms with Crippen molar-refractivity contribution in [3.8, 4) is 0 Å². The Kier molecular flexibility index (Phi) is 8.37. The molecule has 2 aromatic carbocycles. The largest absolute Gasteiger partial charge is 0.445 e. The standard InChI is InChI=1S/C33H37N7O3/c1-23-21-28(16-18-38(23)2)34-31(41)26-10-12-27(13-11-26)35-32-36-30-29(9-6-17-40(30)37-32)25-14-19-39(20-15-25)33(42)43-22-24-7-4-3-5-8-24/h3-14,17,23,28H,15-16,18-22H2,1-2H3,(H,34,41)(H,35,37). The SMILES string of the molecule is CC1CC(NC(=O)c2ccc(Nc3nc4c(C5=CCN(C(=O)OCc6ccccc6)CC5)cccn4n3)cc2)CCN1C. The minimum Gasteiger partial charge on any atom is -0.445 e. The van der Waals surface area contributed by atoms with Crippen molar-refractivity contribution < 1.29 is 14.3 Å². The monoisotopic (exact) mass is 579 g/mol. The average Bonchev–Trinajstić information content (AvgIpc) is 3.45. The predicted molar refractivity (Wildman–Crippen MR) is 166 cm³/mol. The first kappa shape index (κ1) is 28.4. The van der Waals surface area contributed by atoms with E-state index in [4.69, 9.17) is 9.72 Å². The zero-order valence-electron chi connectivity index (χ0n) is 24.6. The smallest absolute Gasteiger partial charge is 0.410 e. The lowest BCUT2D eigenvalue weighted by Gasteiger charge is -2.35. The van der Waals surface area contributed by atoms with Gasteiger partial charge in [0, 0.05) is 54.7 Å². The van der Waals surface area contributed by atoms with E-state index in [1.165, 1.54) is 0 Å². The van der Waals surface area contributed by atoms with Crippen molar-refractivity contribution in [2.75, 3.05) is 32.0 Å². The summed E-state index contributed by atoms with van der Waals surface area (Å²) in [6.07, 6.45) is 6.22. The van der Waals surface area contributed by atoms with Crippen LogP contribution in [0.2, 0.25) is 0 Å². The first-order chi connectivity index (χ1) is 20.9. The molecule has 10 nitrogen and oxygen atoms in total. The highest BCUT2D eigenvalue weighted by atomic mass is 16.6. The number of aromatic nitrogens is 3. The molecule has 2 unspecified atom stereocenters. The number of likely N-dealkylation sites (tertiary alicyclic amines) is 1. The van der Waals surface area contributed by atoms with Gasteiger partial charge in [0.05, 0.1) is 0 Å².